The fourth-order valence-electron chi connectivity index (χ4n) is 1.76. The van der Waals surface area contributed by atoms with Crippen LogP contribution in [-0.2, 0) is 11.3 Å². The average Bonchev–Trinajstić information content (AvgIpc) is 2.40. The summed E-state index contributed by atoms with van der Waals surface area (Å²) in [5, 5.41) is 7.12. The van der Waals surface area contributed by atoms with Crippen LogP contribution in [0.1, 0.15) is 12.5 Å². The number of anilines is 2. The topological polar surface area (TPSA) is 41.1 Å². The Labute approximate surface area is 127 Å². The van der Waals surface area contributed by atoms with Gasteiger partial charge in [0.15, 0.2) is 0 Å². The molecule has 0 spiro atoms. The Bertz CT molecular complexity index is 629. The van der Waals surface area contributed by atoms with Gasteiger partial charge in [-0.05, 0) is 29.8 Å². The summed E-state index contributed by atoms with van der Waals surface area (Å²) in [6.07, 6.45) is 0. The van der Waals surface area contributed by atoms with Crippen LogP contribution in [0.2, 0.25) is 10.0 Å². The van der Waals surface area contributed by atoms with Crippen LogP contribution in [0.4, 0.5) is 11.4 Å². The number of hydrogen-bond donors (Lipinski definition) is 2. The molecule has 5 heteroatoms. The monoisotopic (exact) mass is 308 g/mol. The summed E-state index contributed by atoms with van der Waals surface area (Å²) in [6.45, 7) is 2.05. The molecule has 0 radical (unpaired) electrons. The number of benzene rings is 2. The summed E-state index contributed by atoms with van der Waals surface area (Å²) in [4.78, 5) is 11.0. The maximum absolute atomic E-state index is 11.0. The molecule has 3 nitrogen and oxygen atoms in total. The smallest absolute Gasteiger partial charge is 0.221 e. The van der Waals surface area contributed by atoms with Crippen molar-refractivity contribution in [2.24, 2.45) is 0 Å². The Kier molecular flexibility index (Phi) is 4.88. The SMILES string of the molecule is CC(=O)Nc1ccc(NCc2ccccc2Cl)cc1Cl. The number of halogens is 2. The molecule has 0 saturated carbocycles. The minimum absolute atomic E-state index is 0.149. The van der Waals surface area contributed by atoms with Crippen molar-refractivity contribution in [1.29, 1.82) is 0 Å². The van der Waals surface area contributed by atoms with Gasteiger partial charge in [0.25, 0.3) is 0 Å². The number of nitrogens with one attached hydrogen (secondary N) is 2. The molecule has 0 aliphatic heterocycles. The van der Waals surface area contributed by atoms with Gasteiger partial charge in [0.05, 0.1) is 10.7 Å². The Hall–Kier alpha value is -1.71. The van der Waals surface area contributed by atoms with Crippen molar-refractivity contribution in [2.45, 2.75) is 13.5 Å². The number of carbonyl (C=O) groups excluding carboxylic acids is 1. The van der Waals surface area contributed by atoms with Crippen molar-refractivity contribution in [2.75, 3.05) is 10.6 Å². The van der Waals surface area contributed by atoms with Crippen LogP contribution in [0.25, 0.3) is 0 Å². The van der Waals surface area contributed by atoms with Gasteiger partial charge in [-0.3, -0.25) is 4.79 Å². The van der Waals surface area contributed by atoms with Gasteiger partial charge in [0.2, 0.25) is 5.91 Å². The Balaban J connectivity index is 2.06. The molecule has 104 valence electrons. The molecule has 0 atom stereocenters. The Morgan fingerprint density at radius 1 is 1.10 bits per heavy atom. The van der Waals surface area contributed by atoms with E-state index in [2.05, 4.69) is 10.6 Å². The van der Waals surface area contributed by atoms with E-state index >= 15 is 0 Å². The van der Waals surface area contributed by atoms with Crippen molar-refractivity contribution in [3.63, 3.8) is 0 Å². The molecule has 0 aromatic heterocycles. The summed E-state index contributed by atoms with van der Waals surface area (Å²) >= 11 is 12.2. The zero-order valence-corrected chi connectivity index (χ0v) is 12.4. The molecule has 0 fully saturated rings. The van der Waals surface area contributed by atoms with Crippen LogP contribution in [-0.4, -0.2) is 5.91 Å². The van der Waals surface area contributed by atoms with Gasteiger partial charge >= 0.3 is 0 Å². The van der Waals surface area contributed by atoms with E-state index in [0.717, 1.165) is 16.3 Å². The van der Waals surface area contributed by atoms with Crippen molar-refractivity contribution in [3.8, 4) is 0 Å². The molecule has 0 bridgehead atoms. The van der Waals surface area contributed by atoms with Gasteiger partial charge in [0.1, 0.15) is 0 Å². The molecule has 2 rings (SSSR count). The summed E-state index contributed by atoms with van der Waals surface area (Å²) < 4.78 is 0. The van der Waals surface area contributed by atoms with Crippen LogP contribution in [0.3, 0.4) is 0 Å². The second-order valence-corrected chi connectivity index (χ2v) is 5.14. The van der Waals surface area contributed by atoms with E-state index in [1.165, 1.54) is 6.92 Å². The molecule has 20 heavy (non-hydrogen) atoms. The third-order valence-electron chi connectivity index (χ3n) is 2.72. The van der Waals surface area contributed by atoms with Gasteiger partial charge in [-0.15, -0.1) is 0 Å². The highest BCUT2D eigenvalue weighted by molar-refractivity contribution is 6.34. The highest BCUT2D eigenvalue weighted by atomic mass is 35.5. The average molecular weight is 309 g/mol. The van der Waals surface area contributed by atoms with Crippen LogP contribution in [0.15, 0.2) is 42.5 Å². The van der Waals surface area contributed by atoms with Crippen LogP contribution < -0.4 is 10.6 Å². The summed E-state index contributed by atoms with van der Waals surface area (Å²) in [6, 6.07) is 13.0. The molecule has 0 heterocycles. The van der Waals surface area contributed by atoms with E-state index in [0.29, 0.717) is 17.3 Å². The summed E-state index contributed by atoms with van der Waals surface area (Å²) in [5.41, 5.74) is 2.47. The molecule has 0 aliphatic rings. The van der Waals surface area contributed by atoms with Crippen LogP contribution in [0.5, 0.6) is 0 Å². The quantitative estimate of drug-likeness (QED) is 0.869. The summed E-state index contributed by atoms with van der Waals surface area (Å²) in [7, 11) is 0. The van der Waals surface area contributed by atoms with Gasteiger partial charge < -0.3 is 10.6 Å². The predicted molar refractivity (Wildman–Crippen MR) is 84.5 cm³/mol. The van der Waals surface area contributed by atoms with E-state index in [-0.39, 0.29) is 5.91 Å². The van der Waals surface area contributed by atoms with Gasteiger partial charge in [-0.25, -0.2) is 0 Å². The number of carbonyl (C=O) groups is 1. The van der Waals surface area contributed by atoms with Gasteiger partial charge in [-0.2, -0.15) is 0 Å². The lowest BCUT2D eigenvalue weighted by Gasteiger charge is -2.10. The van der Waals surface area contributed by atoms with Gasteiger partial charge in [-0.1, -0.05) is 41.4 Å². The molecule has 0 aliphatic carbocycles. The van der Waals surface area contributed by atoms with Crippen molar-refractivity contribution in [3.05, 3.63) is 58.1 Å². The number of rotatable bonds is 4. The Morgan fingerprint density at radius 3 is 2.50 bits per heavy atom. The first-order valence-corrected chi connectivity index (χ1v) is 6.86. The highest BCUT2D eigenvalue weighted by Crippen LogP contribution is 2.26. The van der Waals surface area contributed by atoms with Crippen molar-refractivity contribution < 1.29 is 4.79 Å². The first-order valence-electron chi connectivity index (χ1n) is 6.10. The minimum Gasteiger partial charge on any atom is -0.381 e. The number of amides is 1. The van der Waals surface area contributed by atoms with Crippen molar-refractivity contribution in [1.82, 2.24) is 0 Å². The molecule has 0 unspecified atom stereocenters. The standard InChI is InChI=1S/C15H14Cl2N2O/c1-10(20)19-15-7-6-12(8-14(15)17)18-9-11-4-2-3-5-13(11)16/h2-8,18H,9H2,1H3,(H,19,20). The fraction of sp³-hybridized carbons (Fsp3) is 0.133. The van der Waals surface area contributed by atoms with Crippen LogP contribution >= 0.6 is 23.2 Å². The minimum atomic E-state index is -0.149. The number of hydrogen-bond acceptors (Lipinski definition) is 2. The first-order chi connectivity index (χ1) is 9.56. The normalized spacial score (nSPS) is 10.2. The zero-order valence-electron chi connectivity index (χ0n) is 10.9. The molecular formula is C15H14Cl2N2O. The second kappa shape index (κ2) is 6.64. The van der Waals surface area contributed by atoms with Gasteiger partial charge in [0, 0.05) is 24.2 Å². The third-order valence-corrected chi connectivity index (χ3v) is 3.40. The summed E-state index contributed by atoms with van der Waals surface area (Å²) in [5.74, 6) is -0.149. The predicted octanol–water partition coefficient (Wildman–Crippen LogP) is 4.56. The maximum atomic E-state index is 11.0. The lowest BCUT2D eigenvalue weighted by Crippen LogP contribution is -2.06. The lowest BCUT2D eigenvalue weighted by molar-refractivity contribution is -0.114. The zero-order chi connectivity index (χ0) is 14.5. The molecule has 2 aromatic rings. The van der Waals surface area contributed by atoms with Crippen LogP contribution in [0, 0.1) is 0 Å². The van der Waals surface area contributed by atoms with E-state index in [1.807, 2.05) is 30.3 Å². The lowest BCUT2D eigenvalue weighted by atomic mass is 10.2. The molecular weight excluding hydrogens is 295 g/mol. The highest BCUT2D eigenvalue weighted by Gasteiger charge is 2.04. The maximum Gasteiger partial charge on any atom is 0.221 e. The Morgan fingerprint density at radius 2 is 1.85 bits per heavy atom. The fourth-order valence-corrected chi connectivity index (χ4v) is 2.19. The molecule has 2 N–H and O–H groups in total. The van der Waals surface area contributed by atoms with E-state index < -0.39 is 0 Å². The second-order valence-electron chi connectivity index (χ2n) is 4.32. The third kappa shape index (κ3) is 3.89. The van der Waals surface area contributed by atoms with Crippen molar-refractivity contribution >= 4 is 40.5 Å². The molecule has 1 amide bonds. The molecule has 0 saturated heterocycles. The first kappa shape index (κ1) is 14.7. The van der Waals surface area contributed by atoms with E-state index in [9.17, 15) is 4.79 Å². The molecule has 2 aromatic carbocycles. The largest absolute Gasteiger partial charge is 0.381 e. The van der Waals surface area contributed by atoms with E-state index in [4.69, 9.17) is 23.2 Å². The van der Waals surface area contributed by atoms with E-state index in [1.54, 1.807) is 12.1 Å².